The summed E-state index contributed by atoms with van der Waals surface area (Å²) in [6.45, 7) is 2.41. The van der Waals surface area contributed by atoms with Gasteiger partial charge in [-0.15, -0.1) is 0 Å². The van der Waals surface area contributed by atoms with E-state index >= 15 is 0 Å². The van der Waals surface area contributed by atoms with E-state index in [0.29, 0.717) is 34.4 Å². The fourth-order valence-electron chi connectivity index (χ4n) is 1.87. The monoisotopic (exact) mass is 383 g/mol. The van der Waals surface area contributed by atoms with E-state index in [0.717, 1.165) is 4.47 Å². The summed E-state index contributed by atoms with van der Waals surface area (Å²) < 4.78 is 11.5. The number of hydrogen-bond donors (Lipinski definition) is 1. The predicted molar refractivity (Wildman–Crippen MR) is 91.3 cm³/mol. The molecule has 0 atom stereocenters. The maximum Gasteiger partial charge on any atom is 0.255 e. The maximum absolute atomic E-state index is 12.3. The van der Waals surface area contributed by atoms with Crippen molar-refractivity contribution in [2.24, 2.45) is 0 Å². The largest absolute Gasteiger partial charge is 0.493 e. The van der Waals surface area contributed by atoms with E-state index in [1.165, 1.54) is 7.11 Å². The molecule has 1 amide bonds. The summed E-state index contributed by atoms with van der Waals surface area (Å²) in [6.07, 6.45) is 0. The number of rotatable bonds is 5. The number of nitrogens with one attached hydrogen (secondary N) is 1. The number of anilines is 1. The van der Waals surface area contributed by atoms with E-state index in [1.807, 2.05) is 6.92 Å². The number of hydrogen-bond acceptors (Lipinski definition) is 3. The fraction of sp³-hybridized carbons (Fsp3) is 0.188. The number of halogens is 2. The standard InChI is InChI=1S/C16H15BrClNO3/c1-3-22-14-7-4-10(8-15(14)21-2)16(20)19-13-6-5-11(17)9-12(13)18/h4-9H,3H2,1-2H3,(H,19,20). The van der Waals surface area contributed by atoms with Crippen LogP contribution < -0.4 is 14.8 Å². The van der Waals surface area contributed by atoms with Crippen LogP contribution in [0.2, 0.25) is 5.02 Å². The topological polar surface area (TPSA) is 47.6 Å². The van der Waals surface area contributed by atoms with Crippen molar-refractivity contribution in [2.45, 2.75) is 6.92 Å². The zero-order chi connectivity index (χ0) is 16.1. The first-order valence-electron chi connectivity index (χ1n) is 6.62. The third kappa shape index (κ3) is 3.93. The number of benzene rings is 2. The molecule has 1 N–H and O–H groups in total. The Balaban J connectivity index is 2.22. The highest BCUT2D eigenvalue weighted by atomic mass is 79.9. The molecule has 2 rings (SSSR count). The van der Waals surface area contributed by atoms with Crippen molar-refractivity contribution in [2.75, 3.05) is 19.0 Å². The molecule has 0 spiro atoms. The predicted octanol–water partition coefficient (Wildman–Crippen LogP) is 4.76. The summed E-state index contributed by atoms with van der Waals surface area (Å²) in [5, 5.41) is 3.23. The molecule has 0 aromatic heterocycles. The van der Waals surface area contributed by atoms with E-state index in [4.69, 9.17) is 21.1 Å². The van der Waals surface area contributed by atoms with Crippen LogP contribution in [0, 0.1) is 0 Å². The van der Waals surface area contributed by atoms with Gasteiger partial charge in [-0.05, 0) is 43.3 Å². The van der Waals surface area contributed by atoms with Crippen molar-refractivity contribution in [3.05, 3.63) is 51.5 Å². The Morgan fingerprint density at radius 3 is 2.64 bits per heavy atom. The number of amides is 1. The molecule has 0 unspecified atom stereocenters. The molecule has 0 saturated carbocycles. The fourth-order valence-corrected chi connectivity index (χ4v) is 2.59. The number of methoxy groups -OCH3 is 1. The zero-order valence-electron chi connectivity index (χ0n) is 12.2. The van der Waals surface area contributed by atoms with Crippen molar-refractivity contribution in [3.8, 4) is 11.5 Å². The van der Waals surface area contributed by atoms with Crippen LogP contribution in [-0.4, -0.2) is 19.6 Å². The van der Waals surface area contributed by atoms with E-state index in [1.54, 1.807) is 36.4 Å². The van der Waals surface area contributed by atoms with Gasteiger partial charge in [0.25, 0.3) is 5.91 Å². The van der Waals surface area contributed by atoms with Crippen LogP contribution >= 0.6 is 27.5 Å². The maximum atomic E-state index is 12.3. The van der Waals surface area contributed by atoms with Crippen LogP contribution in [-0.2, 0) is 0 Å². The second-order valence-electron chi connectivity index (χ2n) is 4.38. The van der Waals surface area contributed by atoms with Crippen molar-refractivity contribution >= 4 is 39.1 Å². The molecule has 0 aliphatic carbocycles. The molecule has 2 aromatic carbocycles. The van der Waals surface area contributed by atoms with Gasteiger partial charge in [0.2, 0.25) is 0 Å². The Morgan fingerprint density at radius 2 is 2.00 bits per heavy atom. The lowest BCUT2D eigenvalue weighted by Crippen LogP contribution is -2.12. The molecule has 116 valence electrons. The first kappa shape index (κ1) is 16.6. The SMILES string of the molecule is CCOc1ccc(C(=O)Nc2ccc(Br)cc2Cl)cc1OC. The minimum Gasteiger partial charge on any atom is -0.493 e. The molecule has 0 radical (unpaired) electrons. The quantitative estimate of drug-likeness (QED) is 0.808. The molecular weight excluding hydrogens is 370 g/mol. The minimum atomic E-state index is -0.273. The van der Waals surface area contributed by atoms with Gasteiger partial charge in [-0.25, -0.2) is 0 Å². The molecule has 0 bridgehead atoms. The molecule has 4 nitrogen and oxygen atoms in total. The van der Waals surface area contributed by atoms with Crippen LogP contribution in [0.4, 0.5) is 5.69 Å². The number of ether oxygens (including phenoxy) is 2. The molecule has 2 aromatic rings. The normalized spacial score (nSPS) is 10.2. The molecule has 0 aliphatic rings. The average Bonchev–Trinajstić information content (AvgIpc) is 2.50. The Hall–Kier alpha value is -1.72. The van der Waals surface area contributed by atoms with Gasteiger partial charge in [-0.2, -0.15) is 0 Å². The lowest BCUT2D eigenvalue weighted by atomic mass is 10.2. The molecule has 0 saturated heterocycles. The van der Waals surface area contributed by atoms with Crippen LogP contribution in [0.25, 0.3) is 0 Å². The highest BCUT2D eigenvalue weighted by Crippen LogP contribution is 2.29. The highest BCUT2D eigenvalue weighted by molar-refractivity contribution is 9.10. The molecule has 0 aliphatic heterocycles. The zero-order valence-corrected chi connectivity index (χ0v) is 14.5. The lowest BCUT2D eigenvalue weighted by Gasteiger charge is -2.12. The van der Waals surface area contributed by atoms with Crippen molar-refractivity contribution in [1.29, 1.82) is 0 Å². The van der Waals surface area contributed by atoms with Gasteiger partial charge in [0, 0.05) is 10.0 Å². The summed E-state index contributed by atoms with van der Waals surface area (Å²) in [4.78, 5) is 12.3. The van der Waals surface area contributed by atoms with Crippen LogP contribution in [0.1, 0.15) is 17.3 Å². The van der Waals surface area contributed by atoms with Gasteiger partial charge in [-0.3, -0.25) is 4.79 Å². The third-order valence-corrected chi connectivity index (χ3v) is 3.71. The van der Waals surface area contributed by atoms with Crippen LogP contribution in [0.15, 0.2) is 40.9 Å². The first-order valence-corrected chi connectivity index (χ1v) is 7.79. The van der Waals surface area contributed by atoms with Crippen molar-refractivity contribution in [3.63, 3.8) is 0 Å². The Kier molecular flexibility index (Phi) is 5.69. The second kappa shape index (κ2) is 7.51. The Bertz CT molecular complexity index is 691. The van der Waals surface area contributed by atoms with E-state index in [-0.39, 0.29) is 5.91 Å². The van der Waals surface area contributed by atoms with E-state index in [9.17, 15) is 4.79 Å². The van der Waals surface area contributed by atoms with Gasteiger partial charge >= 0.3 is 0 Å². The summed E-state index contributed by atoms with van der Waals surface area (Å²) in [6, 6.07) is 10.3. The van der Waals surface area contributed by atoms with Gasteiger partial charge in [0.05, 0.1) is 24.4 Å². The van der Waals surface area contributed by atoms with Gasteiger partial charge in [-0.1, -0.05) is 27.5 Å². The smallest absolute Gasteiger partial charge is 0.255 e. The second-order valence-corrected chi connectivity index (χ2v) is 5.70. The Morgan fingerprint density at radius 1 is 1.23 bits per heavy atom. The van der Waals surface area contributed by atoms with Crippen LogP contribution in [0.5, 0.6) is 11.5 Å². The highest BCUT2D eigenvalue weighted by Gasteiger charge is 2.12. The number of carbonyl (C=O) groups excluding carboxylic acids is 1. The average molecular weight is 385 g/mol. The summed E-state index contributed by atoms with van der Waals surface area (Å²) in [5.74, 6) is 0.838. The van der Waals surface area contributed by atoms with Gasteiger partial charge < -0.3 is 14.8 Å². The summed E-state index contributed by atoms with van der Waals surface area (Å²) in [5.41, 5.74) is 1.00. The van der Waals surface area contributed by atoms with E-state index in [2.05, 4.69) is 21.2 Å². The first-order chi connectivity index (χ1) is 10.5. The third-order valence-electron chi connectivity index (χ3n) is 2.90. The van der Waals surface area contributed by atoms with Crippen LogP contribution in [0.3, 0.4) is 0 Å². The minimum absolute atomic E-state index is 0.273. The molecule has 0 fully saturated rings. The Labute approximate surface area is 142 Å². The molecule has 6 heteroatoms. The molecule has 0 heterocycles. The number of carbonyl (C=O) groups is 1. The van der Waals surface area contributed by atoms with E-state index < -0.39 is 0 Å². The van der Waals surface area contributed by atoms with Crippen molar-refractivity contribution in [1.82, 2.24) is 0 Å². The van der Waals surface area contributed by atoms with Gasteiger partial charge in [0.1, 0.15) is 0 Å². The molecule has 22 heavy (non-hydrogen) atoms. The lowest BCUT2D eigenvalue weighted by molar-refractivity contribution is 0.102. The summed E-state index contributed by atoms with van der Waals surface area (Å²) >= 11 is 9.42. The summed E-state index contributed by atoms with van der Waals surface area (Å²) in [7, 11) is 1.53. The molecular formula is C16H15BrClNO3. The van der Waals surface area contributed by atoms with Gasteiger partial charge in [0.15, 0.2) is 11.5 Å². The van der Waals surface area contributed by atoms with Crippen molar-refractivity contribution < 1.29 is 14.3 Å².